The average molecular weight is 443 g/mol. The zero-order valence-electron chi connectivity index (χ0n) is 16.5. The highest BCUT2D eigenvalue weighted by atomic mass is 19.4. The van der Waals surface area contributed by atoms with Gasteiger partial charge in [0.05, 0.1) is 12.2 Å². The maximum atomic E-state index is 12.7. The van der Waals surface area contributed by atoms with Crippen molar-refractivity contribution in [3.63, 3.8) is 0 Å². The Labute approximate surface area is 175 Å². The number of pyridine rings is 1. The predicted molar refractivity (Wildman–Crippen MR) is 101 cm³/mol. The second-order valence-corrected chi connectivity index (χ2v) is 8.71. The summed E-state index contributed by atoms with van der Waals surface area (Å²) in [5, 5.41) is 0. The Morgan fingerprint density at radius 1 is 1.19 bits per heavy atom. The lowest BCUT2D eigenvalue weighted by molar-refractivity contribution is -0.144. The molecule has 1 aliphatic heterocycles. The number of nitrogens with two attached hydrogens (primary N) is 1. The maximum absolute atomic E-state index is 12.7. The van der Waals surface area contributed by atoms with Crippen LogP contribution in [0.1, 0.15) is 24.7 Å². The molecule has 2 aliphatic carbocycles. The van der Waals surface area contributed by atoms with Crippen molar-refractivity contribution in [2.24, 2.45) is 17.8 Å². The molecule has 0 aromatic carbocycles. The number of rotatable bonds is 7. The fourth-order valence-corrected chi connectivity index (χ4v) is 4.72. The number of hydrogen-bond acceptors (Lipinski definition) is 5. The number of fused-ring (bicyclic) bond motifs is 1. The zero-order chi connectivity index (χ0) is 21.9. The van der Waals surface area contributed by atoms with E-state index >= 15 is 0 Å². The quantitative estimate of drug-likeness (QED) is 0.661. The molecular formula is C20H22F5N5O. The van der Waals surface area contributed by atoms with Crippen molar-refractivity contribution in [1.29, 1.82) is 0 Å². The van der Waals surface area contributed by atoms with E-state index in [0.29, 0.717) is 30.3 Å². The summed E-state index contributed by atoms with van der Waals surface area (Å²) in [7, 11) is 0. The first-order valence-electron chi connectivity index (χ1n) is 10.3. The summed E-state index contributed by atoms with van der Waals surface area (Å²) in [6.07, 6.45) is 2.19. The molecule has 0 amide bonds. The second-order valence-electron chi connectivity index (χ2n) is 8.71. The Hall–Kier alpha value is -2.43. The minimum atomic E-state index is -4.19. The summed E-state index contributed by atoms with van der Waals surface area (Å²) in [6.45, 7) is -3.06. The van der Waals surface area contributed by atoms with Crippen LogP contribution in [0, 0.1) is 17.8 Å². The lowest BCUT2D eigenvalue weighted by atomic mass is 10.2. The third-order valence-corrected chi connectivity index (χ3v) is 6.32. The van der Waals surface area contributed by atoms with Crippen LogP contribution in [-0.2, 0) is 6.42 Å². The highest BCUT2D eigenvalue weighted by Crippen LogP contribution is 2.56. The Morgan fingerprint density at radius 2 is 1.90 bits per heavy atom. The molecule has 0 bridgehead atoms. The molecule has 0 radical (unpaired) electrons. The molecule has 11 heteroatoms. The van der Waals surface area contributed by atoms with Gasteiger partial charge in [0, 0.05) is 43.5 Å². The van der Waals surface area contributed by atoms with Gasteiger partial charge < -0.3 is 15.0 Å². The molecule has 3 fully saturated rings. The molecule has 2 saturated carbocycles. The van der Waals surface area contributed by atoms with Gasteiger partial charge in [-0.25, -0.2) is 9.97 Å². The van der Waals surface area contributed by atoms with Crippen molar-refractivity contribution in [3.05, 3.63) is 24.3 Å². The van der Waals surface area contributed by atoms with Crippen molar-refractivity contribution < 1.29 is 26.7 Å². The van der Waals surface area contributed by atoms with Gasteiger partial charge in [0.2, 0.25) is 0 Å². The molecule has 2 aromatic rings. The molecule has 2 aromatic heterocycles. The van der Waals surface area contributed by atoms with E-state index in [1.54, 1.807) is 0 Å². The average Bonchev–Trinajstić information content (AvgIpc) is 3.51. The van der Waals surface area contributed by atoms with Crippen LogP contribution in [0.25, 0.3) is 11.3 Å². The molecule has 168 valence electrons. The van der Waals surface area contributed by atoms with Gasteiger partial charge >= 0.3 is 12.8 Å². The number of aromatic nitrogens is 3. The molecular weight excluding hydrogens is 421 g/mol. The van der Waals surface area contributed by atoms with Crippen molar-refractivity contribution in [3.8, 4) is 17.0 Å². The normalized spacial score (nSPS) is 25.8. The summed E-state index contributed by atoms with van der Waals surface area (Å²) in [4.78, 5) is 10.1. The third-order valence-electron chi connectivity index (χ3n) is 6.32. The number of halogens is 5. The lowest BCUT2D eigenvalue weighted by Crippen LogP contribution is -2.34. The van der Waals surface area contributed by atoms with Crippen LogP contribution in [0.2, 0.25) is 0 Å². The van der Waals surface area contributed by atoms with E-state index in [1.807, 2.05) is 6.20 Å². The van der Waals surface area contributed by atoms with Crippen LogP contribution in [0.5, 0.6) is 5.75 Å². The first kappa shape index (κ1) is 20.5. The van der Waals surface area contributed by atoms with Gasteiger partial charge in [0.1, 0.15) is 5.82 Å². The van der Waals surface area contributed by atoms with Gasteiger partial charge in [-0.1, -0.05) is 0 Å². The number of ether oxygens (including phenoxy) is 1. The van der Waals surface area contributed by atoms with Gasteiger partial charge in [-0.2, -0.15) is 22.0 Å². The monoisotopic (exact) mass is 443 g/mol. The van der Waals surface area contributed by atoms with E-state index in [9.17, 15) is 22.0 Å². The Morgan fingerprint density at radius 3 is 2.52 bits per heavy atom. The largest absolute Gasteiger partial charge is 0.431 e. The van der Waals surface area contributed by atoms with Gasteiger partial charge in [-0.05, 0) is 36.7 Å². The van der Waals surface area contributed by atoms with Crippen LogP contribution in [0.3, 0.4) is 0 Å². The summed E-state index contributed by atoms with van der Waals surface area (Å²) >= 11 is 0. The molecule has 0 unspecified atom stereocenters. The predicted octanol–water partition coefficient (Wildman–Crippen LogP) is 3.75. The third kappa shape index (κ3) is 4.32. The van der Waals surface area contributed by atoms with E-state index in [4.69, 9.17) is 10.7 Å². The Bertz CT molecular complexity index is 961. The fraction of sp³-hybridized carbons (Fsp3) is 0.600. The first-order chi connectivity index (χ1) is 14.7. The number of nitrogens with zero attached hydrogens (tertiary/aromatic N) is 4. The SMILES string of the molecule is Nc1ncc(-c2cn([C@@H]3[C@@H]4CN(CC(F)(F)F)C[C@@H]43)c(CC3CC3)n2)cc1OC(F)F. The smallest absolute Gasteiger partial charge is 0.401 e. The molecule has 3 aliphatic rings. The molecule has 2 N–H and O–H groups in total. The molecule has 3 heterocycles. The number of alkyl halides is 5. The van der Waals surface area contributed by atoms with Crippen LogP contribution in [-0.4, -0.2) is 51.9 Å². The van der Waals surface area contributed by atoms with Crippen molar-refractivity contribution in [2.45, 2.75) is 38.1 Å². The highest BCUT2D eigenvalue weighted by Gasteiger charge is 2.58. The fourth-order valence-electron chi connectivity index (χ4n) is 4.72. The van der Waals surface area contributed by atoms with E-state index in [0.717, 1.165) is 25.1 Å². The topological polar surface area (TPSA) is 69.2 Å². The van der Waals surface area contributed by atoms with Gasteiger partial charge in [-0.3, -0.25) is 4.90 Å². The van der Waals surface area contributed by atoms with Crippen LogP contribution < -0.4 is 10.5 Å². The Balaban J connectivity index is 1.38. The van der Waals surface area contributed by atoms with Crippen LogP contribution in [0.4, 0.5) is 27.8 Å². The summed E-state index contributed by atoms with van der Waals surface area (Å²) in [6, 6.07) is 1.51. The number of likely N-dealkylation sites (tertiary alicyclic amines) is 1. The zero-order valence-corrected chi connectivity index (χ0v) is 16.5. The molecule has 5 rings (SSSR count). The lowest BCUT2D eigenvalue weighted by Gasteiger charge is -2.21. The molecule has 0 spiro atoms. The highest BCUT2D eigenvalue weighted by molar-refractivity contribution is 5.63. The molecule has 31 heavy (non-hydrogen) atoms. The summed E-state index contributed by atoms with van der Waals surface area (Å²) < 4.78 is 69.8. The van der Waals surface area contributed by atoms with Gasteiger partial charge in [0.15, 0.2) is 11.6 Å². The van der Waals surface area contributed by atoms with Crippen LogP contribution in [0.15, 0.2) is 18.5 Å². The minimum absolute atomic E-state index is 0.123. The van der Waals surface area contributed by atoms with Crippen molar-refractivity contribution >= 4 is 5.82 Å². The van der Waals surface area contributed by atoms with E-state index in [2.05, 4.69) is 14.3 Å². The number of piperidine rings is 1. The number of hydrogen-bond donors (Lipinski definition) is 1. The number of anilines is 1. The van der Waals surface area contributed by atoms with E-state index in [-0.39, 0.29) is 29.4 Å². The van der Waals surface area contributed by atoms with Gasteiger partial charge in [0.25, 0.3) is 0 Å². The first-order valence-corrected chi connectivity index (χ1v) is 10.3. The van der Waals surface area contributed by atoms with Crippen LogP contribution >= 0.6 is 0 Å². The summed E-state index contributed by atoms with van der Waals surface area (Å²) in [5.41, 5.74) is 6.70. The molecule has 1 saturated heterocycles. The van der Waals surface area contributed by atoms with Gasteiger partial charge in [-0.15, -0.1) is 0 Å². The minimum Gasteiger partial charge on any atom is -0.431 e. The van der Waals surface area contributed by atoms with Crippen molar-refractivity contribution in [2.75, 3.05) is 25.4 Å². The Kier molecular flexibility index (Phi) is 4.83. The summed E-state index contributed by atoms with van der Waals surface area (Å²) in [5.74, 6) is 1.44. The van der Waals surface area contributed by atoms with E-state index in [1.165, 1.54) is 17.2 Å². The standard InChI is InChI=1S/C20H22F5N5O/c21-19(22)31-15-4-11(5-27-18(15)26)14-8-30(16(28-14)3-10-1-2-10)17-12-6-29(7-13(12)17)9-20(23,24)25/h4-5,8,10,12-13,17,19H,1-3,6-7,9H2,(H2,26,27)/t12-,13+,17-. The number of nitrogen functional groups attached to an aromatic ring is 1. The number of imidazole rings is 1. The van der Waals surface area contributed by atoms with E-state index < -0.39 is 19.3 Å². The molecule has 3 atom stereocenters. The maximum Gasteiger partial charge on any atom is 0.401 e. The van der Waals surface area contributed by atoms with Crippen molar-refractivity contribution in [1.82, 2.24) is 19.4 Å². The molecule has 6 nitrogen and oxygen atoms in total. The second kappa shape index (κ2) is 7.32.